The standard InChI is InChI=1S/C18H28N4O3/c1-21(6-7-22-8-10-25-11-9-22)18(23)16-13-19-20-17(16)14-4-3-5-15(12-14)24-2/h3-5,12,16-17,19-20H,6-11,13H2,1-2H3. The van der Waals surface area contributed by atoms with E-state index in [-0.39, 0.29) is 17.9 Å². The number of hydrogen-bond acceptors (Lipinski definition) is 6. The third kappa shape index (κ3) is 4.49. The quantitative estimate of drug-likeness (QED) is 0.768. The van der Waals surface area contributed by atoms with Crippen molar-refractivity contribution in [2.24, 2.45) is 5.92 Å². The van der Waals surface area contributed by atoms with E-state index < -0.39 is 0 Å². The molecule has 2 heterocycles. The molecule has 0 saturated carbocycles. The van der Waals surface area contributed by atoms with Gasteiger partial charge < -0.3 is 14.4 Å². The van der Waals surface area contributed by atoms with Crippen LogP contribution in [0.15, 0.2) is 24.3 Å². The Morgan fingerprint density at radius 1 is 1.40 bits per heavy atom. The van der Waals surface area contributed by atoms with Gasteiger partial charge in [-0.05, 0) is 17.7 Å². The zero-order valence-electron chi connectivity index (χ0n) is 15.0. The molecule has 0 aromatic heterocycles. The van der Waals surface area contributed by atoms with Crippen LogP contribution >= 0.6 is 0 Å². The number of methoxy groups -OCH3 is 1. The van der Waals surface area contributed by atoms with Crippen molar-refractivity contribution in [3.05, 3.63) is 29.8 Å². The van der Waals surface area contributed by atoms with Crippen LogP contribution in [0.1, 0.15) is 11.6 Å². The van der Waals surface area contributed by atoms with Crippen molar-refractivity contribution < 1.29 is 14.3 Å². The molecule has 25 heavy (non-hydrogen) atoms. The maximum atomic E-state index is 12.9. The lowest BCUT2D eigenvalue weighted by Crippen LogP contribution is -2.44. The Kier molecular flexibility index (Phi) is 6.25. The van der Waals surface area contributed by atoms with Gasteiger partial charge in [0.05, 0.1) is 32.3 Å². The second-order valence-corrected chi connectivity index (χ2v) is 6.60. The number of nitrogens with one attached hydrogen (secondary N) is 2. The van der Waals surface area contributed by atoms with Crippen molar-refractivity contribution in [2.45, 2.75) is 6.04 Å². The summed E-state index contributed by atoms with van der Waals surface area (Å²) < 4.78 is 10.7. The molecule has 7 nitrogen and oxygen atoms in total. The molecule has 1 aromatic carbocycles. The van der Waals surface area contributed by atoms with Gasteiger partial charge in [-0.2, -0.15) is 0 Å². The molecule has 0 radical (unpaired) electrons. The van der Waals surface area contributed by atoms with E-state index in [0.29, 0.717) is 6.54 Å². The van der Waals surface area contributed by atoms with Gasteiger partial charge in [-0.1, -0.05) is 12.1 Å². The van der Waals surface area contributed by atoms with Crippen LogP contribution in [0, 0.1) is 5.92 Å². The second kappa shape index (κ2) is 8.62. The largest absolute Gasteiger partial charge is 0.497 e. The van der Waals surface area contributed by atoms with E-state index in [1.54, 1.807) is 7.11 Å². The van der Waals surface area contributed by atoms with Gasteiger partial charge in [0, 0.05) is 39.8 Å². The average Bonchev–Trinajstić information content (AvgIpc) is 3.16. The van der Waals surface area contributed by atoms with Crippen LogP contribution in [0.2, 0.25) is 0 Å². The third-order valence-electron chi connectivity index (χ3n) is 4.98. The summed E-state index contributed by atoms with van der Waals surface area (Å²) >= 11 is 0. The predicted octanol–water partition coefficient (Wildman–Crippen LogP) is 0.251. The first-order chi connectivity index (χ1) is 12.2. The fourth-order valence-corrected chi connectivity index (χ4v) is 3.39. The van der Waals surface area contributed by atoms with Crippen LogP contribution in [0.4, 0.5) is 0 Å². The van der Waals surface area contributed by atoms with Crippen molar-refractivity contribution in [2.75, 3.05) is 60.1 Å². The van der Waals surface area contributed by atoms with Gasteiger partial charge in [0.1, 0.15) is 5.75 Å². The number of carbonyl (C=O) groups is 1. The average molecular weight is 348 g/mol. The van der Waals surface area contributed by atoms with E-state index in [4.69, 9.17) is 9.47 Å². The van der Waals surface area contributed by atoms with Crippen molar-refractivity contribution in [3.8, 4) is 5.75 Å². The lowest BCUT2D eigenvalue weighted by molar-refractivity contribution is -0.134. The van der Waals surface area contributed by atoms with Gasteiger partial charge in [0.25, 0.3) is 0 Å². The molecule has 0 bridgehead atoms. The van der Waals surface area contributed by atoms with E-state index in [1.165, 1.54) is 0 Å². The number of ether oxygens (including phenoxy) is 2. The molecule has 0 aliphatic carbocycles. The zero-order chi connectivity index (χ0) is 17.6. The summed E-state index contributed by atoms with van der Waals surface area (Å²) in [6.45, 7) is 5.71. The van der Waals surface area contributed by atoms with Gasteiger partial charge in [-0.3, -0.25) is 15.1 Å². The van der Waals surface area contributed by atoms with Gasteiger partial charge in [-0.25, -0.2) is 5.43 Å². The van der Waals surface area contributed by atoms with Crippen molar-refractivity contribution in [3.63, 3.8) is 0 Å². The molecule has 2 aliphatic rings. The van der Waals surface area contributed by atoms with E-state index >= 15 is 0 Å². The highest BCUT2D eigenvalue weighted by atomic mass is 16.5. The summed E-state index contributed by atoms with van der Waals surface area (Å²) in [5.41, 5.74) is 7.43. The number of morpholine rings is 1. The van der Waals surface area contributed by atoms with Crippen LogP contribution in [0.25, 0.3) is 0 Å². The van der Waals surface area contributed by atoms with Crippen molar-refractivity contribution >= 4 is 5.91 Å². The van der Waals surface area contributed by atoms with E-state index in [9.17, 15) is 4.79 Å². The lowest BCUT2D eigenvalue weighted by Gasteiger charge is -2.30. The Balaban J connectivity index is 1.59. The lowest BCUT2D eigenvalue weighted by atomic mass is 9.93. The molecule has 2 atom stereocenters. The first kappa shape index (κ1) is 18.1. The molecule has 1 aromatic rings. The summed E-state index contributed by atoms with van der Waals surface area (Å²) in [5.74, 6) is 0.846. The van der Waals surface area contributed by atoms with Gasteiger partial charge in [0.2, 0.25) is 5.91 Å². The maximum absolute atomic E-state index is 12.9. The fourth-order valence-electron chi connectivity index (χ4n) is 3.39. The summed E-state index contributed by atoms with van der Waals surface area (Å²) in [7, 11) is 3.55. The highest BCUT2D eigenvalue weighted by molar-refractivity contribution is 5.80. The SMILES string of the molecule is COc1cccc(C2NNCC2C(=O)N(C)CCN2CCOCC2)c1. The van der Waals surface area contributed by atoms with E-state index in [2.05, 4.69) is 15.8 Å². The predicted molar refractivity (Wildman–Crippen MR) is 95.3 cm³/mol. The number of rotatable bonds is 6. The number of likely N-dealkylation sites (N-methyl/N-ethyl adjacent to an activating group) is 1. The van der Waals surface area contributed by atoms with Crippen molar-refractivity contribution in [1.82, 2.24) is 20.7 Å². The fraction of sp³-hybridized carbons (Fsp3) is 0.611. The minimum atomic E-state index is -0.123. The van der Waals surface area contributed by atoms with Gasteiger partial charge in [-0.15, -0.1) is 0 Å². The molecule has 2 saturated heterocycles. The highest BCUT2D eigenvalue weighted by Crippen LogP contribution is 2.28. The van der Waals surface area contributed by atoms with Crippen LogP contribution in [-0.4, -0.2) is 75.8 Å². The number of carbonyl (C=O) groups excluding carboxylic acids is 1. The number of nitrogens with zero attached hydrogens (tertiary/aromatic N) is 2. The van der Waals surface area contributed by atoms with Crippen molar-refractivity contribution in [1.29, 1.82) is 0 Å². The molecule has 138 valence electrons. The molecular weight excluding hydrogens is 320 g/mol. The number of benzene rings is 1. The number of amides is 1. The Morgan fingerprint density at radius 2 is 2.20 bits per heavy atom. The Hall–Kier alpha value is -1.67. The second-order valence-electron chi connectivity index (χ2n) is 6.60. The molecule has 2 N–H and O–H groups in total. The van der Waals surface area contributed by atoms with Crippen LogP contribution in [0.3, 0.4) is 0 Å². The molecule has 2 fully saturated rings. The smallest absolute Gasteiger partial charge is 0.228 e. The monoisotopic (exact) mass is 348 g/mol. The minimum absolute atomic E-state index is 0.0477. The van der Waals surface area contributed by atoms with Gasteiger partial charge >= 0.3 is 0 Å². The number of hydrazine groups is 1. The maximum Gasteiger partial charge on any atom is 0.228 e. The minimum Gasteiger partial charge on any atom is -0.497 e. The van der Waals surface area contributed by atoms with Crippen LogP contribution < -0.4 is 15.6 Å². The first-order valence-corrected chi connectivity index (χ1v) is 8.86. The topological polar surface area (TPSA) is 66.1 Å². The molecular formula is C18H28N4O3. The molecule has 0 spiro atoms. The third-order valence-corrected chi connectivity index (χ3v) is 4.98. The Bertz CT molecular complexity index is 577. The summed E-state index contributed by atoms with van der Waals surface area (Å²) in [6, 6.07) is 7.84. The highest BCUT2D eigenvalue weighted by Gasteiger charge is 2.35. The molecule has 2 unspecified atom stereocenters. The van der Waals surface area contributed by atoms with E-state index in [0.717, 1.165) is 50.7 Å². The normalized spacial score (nSPS) is 24.2. The van der Waals surface area contributed by atoms with Crippen LogP contribution in [0.5, 0.6) is 5.75 Å². The molecule has 3 rings (SSSR count). The molecule has 7 heteroatoms. The van der Waals surface area contributed by atoms with Gasteiger partial charge in [0.15, 0.2) is 0 Å². The first-order valence-electron chi connectivity index (χ1n) is 8.86. The zero-order valence-corrected chi connectivity index (χ0v) is 15.0. The summed E-state index contributed by atoms with van der Waals surface area (Å²) in [6.07, 6.45) is 0. The molecule has 2 aliphatic heterocycles. The summed E-state index contributed by atoms with van der Waals surface area (Å²) in [4.78, 5) is 17.1. The number of hydrogen-bond donors (Lipinski definition) is 2. The summed E-state index contributed by atoms with van der Waals surface area (Å²) in [5, 5.41) is 0. The Labute approximate surface area is 149 Å². The Morgan fingerprint density at radius 3 is 2.96 bits per heavy atom. The van der Waals surface area contributed by atoms with Crippen LogP contribution in [-0.2, 0) is 9.53 Å². The van der Waals surface area contributed by atoms with E-state index in [1.807, 2.05) is 36.2 Å². The molecule has 1 amide bonds.